The van der Waals surface area contributed by atoms with E-state index in [1.54, 1.807) is 13.8 Å². The second-order valence-electron chi connectivity index (χ2n) is 15.5. The second-order valence-corrected chi connectivity index (χ2v) is 15.5. The number of alkyl carbamates (subject to hydrolysis) is 3. The van der Waals surface area contributed by atoms with Crippen LogP contribution in [0.15, 0.2) is 12.7 Å². The molecule has 2 saturated carbocycles. The van der Waals surface area contributed by atoms with Gasteiger partial charge in [-0.3, -0.25) is 0 Å². The molecule has 4 N–H and O–H groups in total. The summed E-state index contributed by atoms with van der Waals surface area (Å²) in [5.41, 5.74) is -0.290. The van der Waals surface area contributed by atoms with Crippen molar-refractivity contribution < 1.29 is 38.1 Å². The summed E-state index contributed by atoms with van der Waals surface area (Å²) in [4.78, 5) is 48.8. The van der Waals surface area contributed by atoms with Crippen LogP contribution in [-0.2, 0) is 23.7 Å². The highest BCUT2D eigenvalue weighted by molar-refractivity contribution is 5.81. The lowest BCUT2D eigenvalue weighted by molar-refractivity contribution is -0.140. The molecule has 0 aromatic carbocycles. The minimum absolute atomic E-state index is 0.0467. The van der Waals surface area contributed by atoms with Gasteiger partial charge in [0.15, 0.2) is 0 Å². The van der Waals surface area contributed by atoms with E-state index in [4.69, 9.17) is 18.9 Å². The summed E-state index contributed by atoms with van der Waals surface area (Å²) >= 11 is 0. The Hall–Kier alpha value is -3.02. The highest BCUT2D eigenvalue weighted by atomic mass is 16.6. The molecule has 6 atom stereocenters. The van der Waals surface area contributed by atoms with E-state index >= 15 is 0 Å². The van der Waals surface area contributed by atoms with Crippen LogP contribution in [0.3, 0.4) is 0 Å². The van der Waals surface area contributed by atoms with E-state index in [9.17, 15) is 19.2 Å². The van der Waals surface area contributed by atoms with E-state index in [0.717, 1.165) is 38.2 Å². The first-order valence-corrected chi connectivity index (χ1v) is 16.1. The highest BCUT2D eigenvalue weighted by Gasteiger charge is 2.43. The van der Waals surface area contributed by atoms with E-state index in [1.807, 2.05) is 7.05 Å². The first-order valence-electron chi connectivity index (χ1n) is 16.1. The summed E-state index contributed by atoms with van der Waals surface area (Å²) in [5.74, 6) is -0.584. The fraction of sp³-hybridized carbons (Fsp3) is 0.818. The van der Waals surface area contributed by atoms with Crippen LogP contribution in [0.25, 0.3) is 0 Å². The third-order valence-corrected chi connectivity index (χ3v) is 8.63. The van der Waals surface area contributed by atoms with E-state index in [-0.39, 0.29) is 40.9 Å². The quantitative estimate of drug-likeness (QED) is 0.123. The average Bonchev–Trinajstić information content (AvgIpc) is 2.90. The van der Waals surface area contributed by atoms with Gasteiger partial charge in [0.05, 0.1) is 0 Å². The largest absolute Gasteiger partial charge is 0.459 e. The Labute approximate surface area is 269 Å². The number of ether oxygens (including phenoxy) is 4. The Morgan fingerprint density at radius 3 is 1.73 bits per heavy atom. The standard InChI is InChI=1S/C33H58N4O8/c1-11-26(38)42-16-22(2)44-28(40)36-21-33(9)15-25(13-31(6,7)19-33)37-29(41)45-23(3)17-43-27(39)35-20-32(8)14-24(34-10)12-30(4,5)18-32/h11,22-25,34H,1,12-21H2,2-10H3,(H,35,39)(H,36,40)(H,37,41). The summed E-state index contributed by atoms with van der Waals surface area (Å²) in [6.45, 7) is 20.4. The van der Waals surface area contributed by atoms with Gasteiger partial charge in [0, 0.05) is 31.2 Å². The van der Waals surface area contributed by atoms with Crippen molar-refractivity contribution in [3.8, 4) is 0 Å². The summed E-state index contributed by atoms with van der Waals surface area (Å²) in [6, 6.07) is 0.222. The molecule has 0 saturated heterocycles. The summed E-state index contributed by atoms with van der Waals surface area (Å²) in [5, 5.41) is 12.1. The van der Waals surface area contributed by atoms with E-state index in [1.165, 1.54) is 0 Å². The lowest BCUT2D eigenvalue weighted by Crippen LogP contribution is -2.51. The number of hydrogen-bond acceptors (Lipinski definition) is 9. The molecule has 3 amide bonds. The van der Waals surface area contributed by atoms with Gasteiger partial charge >= 0.3 is 24.2 Å². The Morgan fingerprint density at radius 1 is 0.733 bits per heavy atom. The molecule has 6 unspecified atom stereocenters. The summed E-state index contributed by atoms with van der Waals surface area (Å²) in [6.07, 6.45) is 3.33. The fourth-order valence-electron chi connectivity index (χ4n) is 7.59. The molecular formula is C33H58N4O8. The monoisotopic (exact) mass is 638 g/mol. The van der Waals surface area contributed by atoms with Crippen molar-refractivity contribution in [1.82, 2.24) is 21.3 Å². The van der Waals surface area contributed by atoms with Crippen molar-refractivity contribution in [2.75, 3.05) is 33.4 Å². The molecule has 2 fully saturated rings. The van der Waals surface area contributed by atoms with Crippen molar-refractivity contribution in [3.63, 3.8) is 0 Å². The van der Waals surface area contributed by atoms with Crippen LogP contribution in [-0.4, -0.2) is 81.9 Å². The maximum absolute atomic E-state index is 12.8. The van der Waals surface area contributed by atoms with E-state index in [2.05, 4.69) is 69.4 Å². The molecule has 0 bridgehead atoms. The Bertz CT molecular complexity index is 1050. The van der Waals surface area contributed by atoms with Gasteiger partial charge in [-0.15, -0.1) is 0 Å². The van der Waals surface area contributed by atoms with Crippen molar-refractivity contribution in [3.05, 3.63) is 12.7 Å². The third kappa shape index (κ3) is 13.9. The average molecular weight is 639 g/mol. The topological polar surface area (TPSA) is 153 Å². The minimum Gasteiger partial charge on any atom is -0.459 e. The van der Waals surface area contributed by atoms with Crippen molar-refractivity contribution in [2.24, 2.45) is 21.7 Å². The van der Waals surface area contributed by atoms with Crippen LogP contribution in [0.2, 0.25) is 0 Å². The van der Waals surface area contributed by atoms with Gasteiger partial charge in [0.1, 0.15) is 25.4 Å². The number of nitrogens with one attached hydrogen (secondary N) is 4. The number of rotatable bonds is 13. The predicted octanol–water partition coefficient (Wildman–Crippen LogP) is 5.06. The summed E-state index contributed by atoms with van der Waals surface area (Å²) in [7, 11) is 1.98. The fourth-order valence-corrected chi connectivity index (χ4v) is 7.59. The van der Waals surface area contributed by atoms with Crippen LogP contribution in [0.1, 0.15) is 93.9 Å². The van der Waals surface area contributed by atoms with Gasteiger partial charge in [-0.2, -0.15) is 0 Å². The Kier molecular flexibility index (Phi) is 13.6. The predicted molar refractivity (Wildman–Crippen MR) is 172 cm³/mol. The molecule has 12 nitrogen and oxygen atoms in total. The third-order valence-electron chi connectivity index (χ3n) is 8.63. The normalized spacial score (nSPS) is 28.4. The zero-order chi connectivity index (χ0) is 34.1. The first kappa shape index (κ1) is 38.2. The number of amides is 3. The molecule has 0 heterocycles. The van der Waals surface area contributed by atoms with Crippen LogP contribution in [0.4, 0.5) is 14.4 Å². The Balaban J connectivity index is 1.78. The molecule has 45 heavy (non-hydrogen) atoms. The SMILES string of the molecule is C=CC(=O)OCC(C)OC(=O)NCC1(C)CC(NC(=O)OC(C)COC(=O)NCC2(C)CC(NC)CC(C)(C)C2)CC(C)(C)C1. The van der Waals surface area contributed by atoms with E-state index in [0.29, 0.717) is 25.6 Å². The molecule has 2 rings (SSSR count). The van der Waals surface area contributed by atoms with Gasteiger partial charge in [0.25, 0.3) is 0 Å². The number of carbonyl (C=O) groups is 4. The van der Waals surface area contributed by atoms with Crippen LogP contribution >= 0.6 is 0 Å². The van der Waals surface area contributed by atoms with Gasteiger partial charge in [0.2, 0.25) is 0 Å². The molecule has 0 aromatic rings. The summed E-state index contributed by atoms with van der Waals surface area (Å²) < 4.78 is 21.1. The first-order chi connectivity index (χ1) is 20.8. The molecule has 0 aliphatic heterocycles. The van der Waals surface area contributed by atoms with Crippen molar-refractivity contribution in [2.45, 2.75) is 118 Å². The molecule has 12 heteroatoms. The second kappa shape index (κ2) is 16.0. The van der Waals surface area contributed by atoms with Crippen molar-refractivity contribution in [1.29, 1.82) is 0 Å². The minimum atomic E-state index is -0.638. The number of carbonyl (C=O) groups excluding carboxylic acids is 4. The molecule has 0 aromatic heterocycles. The molecule has 2 aliphatic carbocycles. The van der Waals surface area contributed by atoms with E-state index < -0.39 is 36.5 Å². The van der Waals surface area contributed by atoms with Gasteiger partial charge in [-0.05, 0) is 81.1 Å². The van der Waals surface area contributed by atoms with Gasteiger partial charge in [-0.1, -0.05) is 48.1 Å². The van der Waals surface area contributed by atoms with Crippen LogP contribution in [0.5, 0.6) is 0 Å². The molecule has 0 spiro atoms. The van der Waals surface area contributed by atoms with Gasteiger partial charge in [-0.25, -0.2) is 19.2 Å². The molecule has 2 aliphatic rings. The zero-order valence-corrected chi connectivity index (χ0v) is 28.9. The lowest BCUT2D eigenvalue weighted by Gasteiger charge is -2.46. The van der Waals surface area contributed by atoms with Crippen LogP contribution in [0, 0.1) is 21.7 Å². The maximum Gasteiger partial charge on any atom is 0.407 e. The smallest absolute Gasteiger partial charge is 0.407 e. The number of esters is 1. The maximum atomic E-state index is 12.8. The van der Waals surface area contributed by atoms with Crippen molar-refractivity contribution >= 4 is 24.2 Å². The molecular weight excluding hydrogens is 580 g/mol. The molecule has 258 valence electrons. The zero-order valence-electron chi connectivity index (χ0n) is 28.9. The lowest BCUT2D eigenvalue weighted by atomic mass is 9.62. The van der Waals surface area contributed by atoms with Crippen LogP contribution < -0.4 is 21.3 Å². The Morgan fingerprint density at radius 2 is 1.20 bits per heavy atom. The molecule has 0 radical (unpaired) electrons. The number of hydrogen-bond donors (Lipinski definition) is 4. The highest BCUT2D eigenvalue weighted by Crippen LogP contribution is 2.46. The van der Waals surface area contributed by atoms with Gasteiger partial charge < -0.3 is 40.2 Å².